The molecule has 2 fully saturated rings. The lowest BCUT2D eigenvalue weighted by Crippen LogP contribution is -2.73. The number of piperazine rings is 1. The Morgan fingerprint density at radius 3 is 2.25 bits per heavy atom. The Labute approximate surface area is 215 Å². The molecule has 6 heteroatoms. The number of benzene rings is 2. The predicted octanol–water partition coefficient (Wildman–Crippen LogP) is 4.28. The van der Waals surface area contributed by atoms with Gasteiger partial charge < -0.3 is 15.3 Å². The summed E-state index contributed by atoms with van der Waals surface area (Å²) in [5.74, 6) is 0.476. The van der Waals surface area contributed by atoms with E-state index in [1.807, 2.05) is 47.4 Å². The van der Waals surface area contributed by atoms with E-state index in [2.05, 4.69) is 43.1 Å². The van der Waals surface area contributed by atoms with Crippen LogP contribution in [0.15, 0.2) is 54.6 Å². The number of nitrogens with zero attached hydrogens (tertiary/aromatic N) is 2. The summed E-state index contributed by atoms with van der Waals surface area (Å²) in [6.45, 7) is 9.29. The summed E-state index contributed by atoms with van der Waals surface area (Å²) in [6, 6.07) is 17.4. The van der Waals surface area contributed by atoms with Gasteiger partial charge in [-0.3, -0.25) is 14.5 Å². The molecule has 2 aliphatic heterocycles. The van der Waals surface area contributed by atoms with Crippen molar-refractivity contribution in [3.8, 4) is 0 Å². The van der Waals surface area contributed by atoms with Crippen LogP contribution in [0.25, 0.3) is 0 Å². The van der Waals surface area contributed by atoms with Crippen LogP contribution in [0, 0.1) is 5.92 Å². The minimum absolute atomic E-state index is 0.0303. The molecule has 0 radical (unpaired) electrons. The molecule has 194 valence electrons. The van der Waals surface area contributed by atoms with Crippen LogP contribution in [-0.2, 0) is 16.1 Å². The minimum atomic E-state index is -0.722. The first-order chi connectivity index (χ1) is 17.3. The predicted molar refractivity (Wildman–Crippen MR) is 142 cm³/mol. The summed E-state index contributed by atoms with van der Waals surface area (Å²) < 4.78 is 0. The first-order valence-corrected chi connectivity index (χ1v) is 13.5. The Morgan fingerprint density at radius 2 is 1.64 bits per heavy atom. The summed E-state index contributed by atoms with van der Waals surface area (Å²) in [4.78, 5) is 31.1. The number of aliphatic hydroxyl groups excluding tert-OH is 1. The Hall–Kier alpha value is -2.70. The lowest BCUT2D eigenvalue weighted by molar-refractivity contribution is -0.161. The number of likely N-dealkylation sites (tertiary alicyclic amines) is 1. The highest BCUT2D eigenvalue weighted by molar-refractivity contribution is 6.00. The fraction of sp³-hybridized carbons (Fsp3) is 0.533. The standard InChI is InChI=1S/C30H41N3O3/c1-4-5-17-33-28(35)26(20-22(2)3)31-29(36)30(33)15-18-32(19-16-30)21-23-11-13-25(14-12-23)27(34)24-9-7-6-8-10-24/h6-14,22,26-27,34H,4-5,15-21H2,1-3H3,(H,31,36). The lowest BCUT2D eigenvalue weighted by atomic mass is 9.80. The largest absolute Gasteiger partial charge is 0.384 e. The Kier molecular flexibility index (Phi) is 8.47. The summed E-state index contributed by atoms with van der Waals surface area (Å²) in [5.41, 5.74) is 2.22. The monoisotopic (exact) mass is 491 g/mol. The Bertz CT molecular complexity index is 1010. The average molecular weight is 492 g/mol. The van der Waals surface area contributed by atoms with E-state index in [1.54, 1.807) is 0 Å². The van der Waals surface area contributed by atoms with Crippen molar-refractivity contribution in [3.63, 3.8) is 0 Å². The first-order valence-electron chi connectivity index (χ1n) is 13.5. The second-order valence-corrected chi connectivity index (χ2v) is 10.9. The van der Waals surface area contributed by atoms with E-state index in [4.69, 9.17) is 0 Å². The smallest absolute Gasteiger partial charge is 0.246 e. The van der Waals surface area contributed by atoms with Gasteiger partial charge in [-0.15, -0.1) is 0 Å². The highest BCUT2D eigenvalue weighted by atomic mass is 16.3. The van der Waals surface area contributed by atoms with Gasteiger partial charge in [-0.1, -0.05) is 81.8 Å². The van der Waals surface area contributed by atoms with E-state index in [0.29, 0.717) is 31.7 Å². The van der Waals surface area contributed by atoms with Gasteiger partial charge in [0.1, 0.15) is 17.7 Å². The van der Waals surface area contributed by atoms with Gasteiger partial charge in [0.25, 0.3) is 0 Å². The van der Waals surface area contributed by atoms with E-state index in [1.165, 1.54) is 5.56 Å². The van der Waals surface area contributed by atoms with Crippen molar-refractivity contribution < 1.29 is 14.7 Å². The van der Waals surface area contributed by atoms with Crippen molar-refractivity contribution in [2.24, 2.45) is 5.92 Å². The van der Waals surface area contributed by atoms with Gasteiger partial charge in [-0.05, 0) is 48.3 Å². The number of hydrogen-bond acceptors (Lipinski definition) is 4. The number of nitrogens with one attached hydrogen (secondary N) is 1. The fourth-order valence-corrected chi connectivity index (χ4v) is 5.62. The fourth-order valence-electron chi connectivity index (χ4n) is 5.62. The molecule has 2 aliphatic rings. The second kappa shape index (κ2) is 11.6. The Morgan fingerprint density at radius 1 is 1.00 bits per heavy atom. The third-order valence-electron chi connectivity index (χ3n) is 7.75. The van der Waals surface area contributed by atoms with Crippen LogP contribution < -0.4 is 5.32 Å². The number of piperidine rings is 1. The van der Waals surface area contributed by atoms with Gasteiger partial charge in [-0.2, -0.15) is 0 Å². The molecule has 2 atom stereocenters. The molecule has 0 aromatic heterocycles. The lowest BCUT2D eigenvalue weighted by Gasteiger charge is -2.52. The zero-order chi connectivity index (χ0) is 25.7. The van der Waals surface area contributed by atoms with Gasteiger partial charge >= 0.3 is 0 Å². The first kappa shape index (κ1) is 26.4. The molecular formula is C30H41N3O3. The third-order valence-corrected chi connectivity index (χ3v) is 7.75. The normalized spacial score (nSPS) is 21.1. The molecular weight excluding hydrogens is 450 g/mol. The van der Waals surface area contributed by atoms with Gasteiger partial charge in [0.05, 0.1) is 0 Å². The quantitative estimate of drug-likeness (QED) is 0.549. The Balaban J connectivity index is 1.40. The third kappa shape index (κ3) is 5.65. The van der Waals surface area contributed by atoms with Gasteiger partial charge in [0.15, 0.2) is 0 Å². The van der Waals surface area contributed by atoms with E-state index in [0.717, 1.165) is 43.6 Å². The molecule has 2 amide bonds. The number of carbonyl (C=O) groups excluding carboxylic acids is 2. The number of amides is 2. The zero-order valence-corrected chi connectivity index (χ0v) is 22.0. The molecule has 2 saturated heterocycles. The van der Waals surface area contributed by atoms with Crippen LogP contribution >= 0.6 is 0 Å². The number of rotatable bonds is 9. The summed E-state index contributed by atoms with van der Waals surface area (Å²) >= 11 is 0. The molecule has 0 bridgehead atoms. The molecule has 2 N–H and O–H groups in total. The number of unbranched alkanes of at least 4 members (excludes halogenated alkanes) is 1. The van der Waals surface area contributed by atoms with Gasteiger partial charge in [-0.25, -0.2) is 0 Å². The summed E-state index contributed by atoms with van der Waals surface area (Å²) in [7, 11) is 0. The van der Waals surface area contributed by atoms with Crippen molar-refractivity contribution in [1.82, 2.24) is 15.1 Å². The van der Waals surface area contributed by atoms with Crippen molar-refractivity contribution in [1.29, 1.82) is 0 Å². The minimum Gasteiger partial charge on any atom is -0.384 e. The van der Waals surface area contributed by atoms with Crippen LogP contribution in [0.4, 0.5) is 0 Å². The maximum absolute atomic E-state index is 13.4. The van der Waals surface area contributed by atoms with Crippen LogP contribution in [0.5, 0.6) is 0 Å². The van der Waals surface area contributed by atoms with Crippen LogP contribution in [0.3, 0.4) is 0 Å². The summed E-state index contributed by atoms with van der Waals surface area (Å²) in [5, 5.41) is 13.8. The molecule has 0 aliphatic carbocycles. The number of aliphatic hydroxyl groups is 1. The zero-order valence-electron chi connectivity index (χ0n) is 22.0. The molecule has 4 rings (SSSR count). The average Bonchev–Trinajstić information content (AvgIpc) is 2.89. The van der Waals surface area contributed by atoms with Gasteiger partial charge in [0, 0.05) is 26.2 Å². The second-order valence-electron chi connectivity index (χ2n) is 10.9. The summed E-state index contributed by atoms with van der Waals surface area (Å²) in [6.07, 6.45) is 3.29. The topological polar surface area (TPSA) is 72.9 Å². The van der Waals surface area contributed by atoms with Crippen LogP contribution in [0.2, 0.25) is 0 Å². The number of hydrogen-bond donors (Lipinski definition) is 2. The van der Waals surface area contributed by atoms with Gasteiger partial charge in [0.2, 0.25) is 11.8 Å². The van der Waals surface area contributed by atoms with E-state index in [9.17, 15) is 14.7 Å². The maximum atomic E-state index is 13.4. The van der Waals surface area contributed by atoms with E-state index >= 15 is 0 Å². The highest BCUT2D eigenvalue weighted by Gasteiger charge is 2.53. The molecule has 0 saturated carbocycles. The molecule has 36 heavy (non-hydrogen) atoms. The van der Waals surface area contributed by atoms with Crippen molar-refractivity contribution >= 4 is 11.8 Å². The highest BCUT2D eigenvalue weighted by Crippen LogP contribution is 2.35. The molecule has 2 aromatic rings. The van der Waals surface area contributed by atoms with Crippen LogP contribution in [-0.4, -0.2) is 57.9 Å². The number of carbonyl (C=O) groups is 2. The van der Waals surface area contributed by atoms with E-state index in [-0.39, 0.29) is 11.8 Å². The molecule has 2 unspecified atom stereocenters. The van der Waals surface area contributed by atoms with E-state index < -0.39 is 17.7 Å². The maximum Gasteiger partial charge on any atom is 0.246 e. The SMILES string of the molecule is CCCCN1C(=O)C(CC(C)C)NC(=O)C12CCN(Cc1ccc(C(O)c3ccccc3)cc1)CC2. The molecule has 2 heterocycles. The van der Waals surface area contributed by atoms with Crippen molar-refractivity contribution in [2.75, 3.05) is 19.6 Å². The van der Waals surface area contributed by atoms with Crippen molar-refractivity contribution in [2.45, 2.75) is 77.1 Å². The molecule has 2 aromatic carbocycles. The van der Waals surface area contributed by atoms with Crippen LogP contribution in [0.1, 0.15) is 75.7 Å². The molecule has 6 nitrogen and oxygen atoms in total. The van der Waals surface area contributed by atoms with Crippen molar-refractivity contribution in [3.05, 3.63) is 71.3 Å². The molecule has 1 spiro atoms.